The van der Waals surface area contributed by atoms with Gasteiger partial charge in [0.2, 0.25) is 0 Å². The maximum atomic E-state index is 14.3. The summed E-state index contributed by atoms with van der Waals surface area (Å²) >= 11 is 0. The van der Waals surface area contributed by atoms with Gasteiger partial charge < -0.3 is 19.6 Å². The van der Waals surface area contributed by atoms with Crippen molar-refractivity contribution in [3.8, 4) is 5.75 Å². The van der Waals surface area contributed by atoms with Gasteiger partial charge in [0.1, 0.15) is 11.6 Å². The van der Waals surface area contributed by atoms with E-state index >= 15 is 0 Å². The first-order chi connectivity index (χ1) is 16.6. The molecule has 0 aromatic heterocycles. The number of alkyl halides is 3. The van der Waals surface area contributed by atoms with E-state index in [0.717, 1.165) is 37.9 Å². The highest BCUT2D eigenvalue weighted by molar-refractivity contribution is 5.69. The van der Waals surface area contributed by atoms with Crippen molar-refractivity contribution < 1.29 is 32.2 Å². The van der Waals surface area contributed by atoms with Crippen LogP contribution in [0.3, 0.4) is 0 Å². The molecule has 0 saturated carbocycles. The average molecular weight is 495 g/mol. The molecule has 1 N–H and O–H groups in total. The van der Waals surface area contributed by atoms with E-state index in [1.54, 1.807) is 36.3 Å². The molecule has 9 heteroatoms. The number of ether oxygens (including phenoxy) is 1. The molecule has 2 heterocycles. The normalized spacial score (nSPS) is 21.4. The maximum Gasteiger partial charge on any atom is 0.393 e. The Morgan fingerprint density at radius 2 is 1.80 bits per heavy atom. The summed E-state index contributed by atoms with van der Waals surface area (Å²) in [6, 6.07) is 11.5. The zero-order chi connectivity index (χ0) is 25.2. The molecule has 5 nitrogen and oxygen atoms in total. The maximum absolute atomic E-state index is 14.3. The topological polar surface area (TPSA) is 53.0 Å². The van der Waals surface area contributed by atoms with Gasteiger partial charge in [-0.3, -0.25) is 4.79 Å². The number of aliphatic carboxylic acids is 1. The molecule has 0 bridgehead atoms. The lowest BCUT2D eigenvalue weighted by atomic mass is 9.90. The molecule has 190 valence electrons. The van der Waals surface area contributed by atoms with E-state index in [9.17, 15) is 22.4 Å². The summed E-state index contributed by atoms with van der Waals surface area (Å²) in [7, 11) is 1.55. The second-order valence-corrected chi connectivity index (χ2v) is 9.50. The predicted octanol–water partition coefficient (Wildman–Crippen LogP) is 5.53. The van der Waals surface area contributed by atoms with Crippen LogP contribution in [0, 0.1) is 17.7 Å². The monoisotopic (exact) mass is 494 g/mol. The first-order valence-electron chi connectivity index (χ1n) is 11.9. The van der Waals surface area contributed by atoms with Crippen LogP contribution in [0.4, 0.5) is 28.9 Å². The van der Waals surface area contributed by atoms with Gasteiger partial charge in [0.25, 0.3) is 0 Å². The number of carboxylic acids is 1. The van der Waals surface area contributed by atoms with Gasteiger partial charge >= 0.3 is 12.1 Å². The molecule has 4 rings (SSSR count). The summed E-state index contributed by atoms with van der Waals surface area (Å²) in [6.45, 7) is 1.24. The van der Waals surface area contributed by atoms with E-state index in [4.69, 9.17) is 9.84 Å². The fourth-order valence-corrected chi connectivity index (χ4v) is 5.26. The summed E-state index contributed by atoms with van der Waals surface area (Å²) < 4.78 is 59.3. The fraction of sp³-hybridized carbons (Fsp3) is 0.500. The molecule has 2 saturated heterocycles. The predicted molar refractivity (Wildman–Crippen MR) is 126 cm³/mol. The van der Waals surface area contributed by atoms with Crippen molar-refractivity contribution >= 4 is 17.3 Å². The van der Waals surface area contributed by atoms with Gasteiger partial charge in [0.15, 0.2) is 0 Å². The van der Waals surface area contributed by atoms with E-state index in [-0.39, 0.29) is 25.2 Å². The molecule has 0 spiro atoms. The molecule has 0 aliphatic carbocycles. The minimum Gasteiger partial charge on any atom is -0.497 e. The van der Waals surface area contributed by atoms with Crippen LogP contribution >= 0.6 is 0 Å². The van der Waals surface area contributed by atoms with Gasteiger partial charge in [-0.1, -0.05) is 12.1 Å². The number of hydrogen-bond donors (Lipinski definition) is 1. The number of hydrogen-bond acceptors (Lipinski definition) is 4. The number of benzene rings is 2. The molecule has 35 heavy (non-hydrogen) atoms. The van der Waals surface area contributed by atoms with Gasteiger partial charge in [-0.2, -0.15) is 13.2 Å². The molecule has 2 aliphatic heterocycles. The van der Waals surface area contributed by atoms with Crippen molar-refractivity contribution in [2.24, 2.45) is 11.8 Å². The van der Waals surface area contributed by atoms with Gasteiger partial charge in [-0.15, -0.1) is 0 Å². The summed E-state index contributed by atoms with van der Waals surface area (Å²) in [4.78, 5) is 14.8. The minimum absolute atomic E-state index is 0.204. The number of halogens is 4. The second kappa shape index (κ2) is 10.3. The molecule has 2 aliphatic rings. The number of anilines is 2. The highest BCUT2D eigenvalue weighted by atomic mass is 19.4. The molecule has 0 amide bonds. The van der Waals surface area contributed by atoms with Crippen LogP contribution in [0.15, 0.2) is 42.5 Å². The van der Waals surface area contributed by atoms with Crippen molar-refractivity contribution in [3.63, 3.8) is 0 Å². The summed E-state index contributed by atoms with van der Waals surface area (Å²) in [6.07, 6.45) is -2.23. The van der Waals surface area contributed by atoms with Crippen molar-refractivity contribution in [2.45, 2.75) is 44.3 Å². The lowest BCUT2D eigenvalue weighted by molar-refractivity contribution is -0.169. The molecule has 2 atom stereocenters. The Balaban J connectivity index is 1.36. The average Bonchev–Trinajstić information content (AvgIpc) is 3.24. The molecule has 2 aromatic carbocycles. The van der Waals surface area contributed by atoms with Crippen LogP contribution in [-0.2, 0) is 11.2 Å². The highest BCUT2D eigenvalue weighted by Gasteiger charge is 2.47. The van der Waals surface area contributed by atoms with Crippen LogP contribution < -0.4 is 14.5 Å². The zero-order valence-electron chi connectivity index (χ0n) is 19.6. The molecule has 1 unspecified atom stereocenters. The summed E-state index contributed by atoms with van der Waals surface area (Å²) in [5.41, 5.74) is 2.25. The van der Waals surface area contributed by atoms with Crippen molar-refractivity contribution in [1.29, 1.82) is 0 Å². The number of methoxy groups -OCH3 is 1. The fourth-order valence-electron chi connectivity index (χ4n) is 5.26. The third kappa shape index (κ3) is 6.00. The smallest absolute Gasteiger partial charge is 0.393 e. The third-order valence-corrected chi connectivity index (χ3v) is 7.19. The van der Waals surface area contributed by atoms with Crippen LogP contribution in [0.25, 0.3) is 0 Å². The van der Waals surface area contributed by atoms with E-state index in [2.05, 4.69) is 0 Å². The number of piperidine rings is 1. The van der Waals surface area contributed by atoms with Gasteiger partial charge in [-0.25, -0.2) is 4.39 Å². The number of carboxylic acid groups (broad SMARTS) is 1. The first kappa shape index (κ1) is 25.1. The molecule has 2 fully saturated rings. The summed E-state index contributed by atoms with van der Waals surface area (Å²) in [5.74, 6) is -1.85. The van der Waals surface area contributed by atoms with Gasteiger partial charge in [0.05, 0.1) is 25.1 Å². The number of nitrogens with zero attached hydrogens (tertiary/aromatic N) is 2. The third-order valence-electron chi connectivity index (χ3n) is 7.19. The van der Waals surface area contributed by atoms with Crippen LogP contribution in [0.5, 0.6) is 5.75 Å². The lowest BCUT2D eigenvalue weighted by Gasteiger charge is -2.34. The largest absolute Gasteiger partial charge is 0.497 e. The van der Waals surface area contributed by atoms with E-state index in [1.807, 2.05) is 17.0 Å². The number of rotatable bonds is 7. The Labute approximate surface area is 202 Å². The minimum atomic E-state index is -4.34. The number of carbonyl (C=O) groups is 1. The molecule has 0 radical (unpaired) electrons. The summed E-state index contributed by atoms with van der Waals surface area (Å²) in [5, 5.41) is 9.15. The van der Waals surface area contributed by atoms with Crippen LogP contribution in [-0.4, -0.2) is 50.0 Å². The molecule has 2 aromatic rings. The van der Waals surface area contributed by atoms with Crippen molar-refractivity contribution in [2.75, 3.05) is 36.5 Å². The van der Waals surface area contributed by atoms with E-state index < -0.39 is 24.1 Å². The quantitative estimate of drug-likeness (QED) is 0.514. The van der Waals surface area contributed by atoms with E-state index in [1.165, 1.54) is 6.07 Å². The first-order valence-corrected chi connectivity index (χ1v) is 11.9. The van der Waals surface area contributed by atoms with Gasteiger partial charge in [-0.05, 0) is 61.4 Å². The molecular weight excluding hydrogens is 464 g/mol. The van der Waals surface area contributed by atoms with Crippen LogP contribution in [0.1, 0.15) is 31.2 Å². The van der Waals surface area contributed by atoms with E-state index in [0.29, 0.717) is 23.0 Å². The van der Waals surface area contributed by atoms with Crippen molar-refractivity contribution in [3.05, 3.63) is 53.8 Å². The Morgan fingerprint density at radius 1 is 1.11 bits per heavy atom. The SMILES string of the molecule is COc1ccc(F)c(N2CCC(Cc3ccc(N4C[C@H](C(F)(F)F)CC4CC(=O)O)cc3)CC2)c1. The Morgan fingerprint density at radius 3 is 2.40 bits per heavy atom. The highest BCUT2D eigenvalue weighted by Crippen LogP contribution is 2.40. The van der Waals surface area contributed by atoms with Gasteiger partial charge in [0, 0.05) is 37.4 Å². The Hall–Kier alpha value is -2.97. The Kier molecular flexibility index (Phi) is 7.42. The standard InChI is InChI=1S/C26H30F4N2O3/c1-35-22-6-7-23(27)24(15-22)31-10-8-18(9-11-31)12-17-2-4-20(5-3-17)32-16-19(26(28,29)30)13-21(32)14-25(33)34/h2-7,15,18-19,21H,8-14,16H2,1H3,(H,33,34)/t19-,21?/m1/s1. The Bertz CT molecular complexity index is 1020. The second-order valence-electron chi connectivity index (χ2n) is 9.50. The lowest BCUT2D eigenvalue weighted by Crippen LogP contribution is -2.34. The molecular formula is C26H30F4N2O3. The van der Waals surface area contributed by atoms with Crippen molar-refractivity contribution in [1.82, 2.24) is 0 Å². The van der Waals surface area contributed by atoms with Crippen LogP contribution in [0.2, 0.25) is 0 Å². The zero-order valence-corrected chi connectivity index (χ0v) is 19.6.